The second-order valence-electron chi connectivity index (χ2n) is 7.68. The quantitative estimate of drug-likeness (QED) is 0.235. The molecule has 148 valence electrons. The first-order chi connectivity index (χ1) is 15.2. The van der Waals surface area contributed by atoms with Gasteiger partial charge in [0.05, 0.1) is 11.4 Å². The fourth-order valence-corrected chi connectivity index (χ4v) is 5.03. The Bertz CT molecular complexity index is 1560. The second-order valence-corrected chi connectivity index (χ2v) is 8.53. The zero-order valence-corrected chi connectivity index (χ0v) is 18.1. The summed E-state index contributed by atoms with van der Waals surface area (Å²) in [5, 5.41) is 7.09. The van der Waals surface area contributed by atoms with Crippen molar-refractivity contribution >= 4 is 65.3 Å². The van der Waals surface area contributed by atoms with Gasteiger partial charge in [0, 0.05) is 15.5 Å². The molecular formula is C28H17BrFN. The van der Waals surface area contributed by atoms with Crippen LogP contribution in [0.5, 0.6) is 0 Å². The lowest BCUT2D eigenvalue weighted by molar-refractivity contribution is 0.629. The maximum absolute atomic E-state index is 15.0. The molecule has 0 saturated carbocycles. The van der Waals surface area contributed by atoms with E-state index in [0.717, 1.165) is 21.2 Å². The first-order valence-corrected chi connectivity index (χ1v) is 11.0. The Balaban J connectivity index is 1.74. The third-order valence-electron chi connectivity index (χ3n) is 5.94. The van der Waals surface area contributed by atoms with Gasteiger partial charge in [0.15, 0.2) is 0 Å². The standard InChI is InChI=1S/C28H17BrFN/c29-23-16-12-18-11-15-22-25(17-13-19-10-14-21(23)27(18)28(19)22)31(20-6-2-1-3-7-20)26-9-5-4-8-24(26)30/h1-17H. The van der Waals surface area contributed by atoms with E-state index in [4.69, 9.17) is 0 Å². The highest BCUT2D eigenvalue weighted by Gasteiger charge is 2.20. The van der Waals surface area contributed by atoms with Gasteiger partial charge in [-0.15, -0.1) is 0 Å². The van der Waals surface area contributed by atoms with E-state index in [1.807, 2.05) is 47.4 Å². The molecule has 3 heteroatoms. The minimum atomic E-state index is -0.250. The molecule has 0 saturated heterocycles. The SMILES string of the molecule is Fc1ccccc1N(c1ccccc1)c1ccc2ccc3c(Br)ccc4ccc1c2c43. The van der Waals surface area contributed by atoms with Crippen molar-refractivity contribution in [1.82, 2.24) is 0 Å². The van der Waals surface area contributed by atoms with Crippen molar-refractivity contribution < 1.29 is 4.39 Å². The fraction of sp³-hybridized carbons (Fsp3) is 0. The van der Waals surface area contributed by atoms with Crippen LogP contribution in [0.25, 0.3) is 32.3 Å². The Morgan fingerprint density at radius 3 is 1.94 bits per heavy atom. The lowest BCUT2D eigenvalue weighted by Crippen LogP contribution is -2.12. The summed E-state index contributed by atoms with van der Waals surface area (Å²) in [4.78, 5) is 2.01. The largest absolute Gasteiger partial charge is 0.307 e. The van der Waals surface area contributed by atoms with Gasteiger partial charge in [-0.05, 0) is 63.3 Å². The summed E-state index contributed by atoms with van der Waals surface area (Å²) in [6.45, 7) is 0. The molecular weight excluding hydrogens is 449 g/mol. The van der Waals surface area contributed by atoms with Crippen molar-refractivity contribution in [2.45, 2.75) is 0 Å². The van der Waals surface area contributed by atoms with Crippen molar-refractivity contribution in [3.8, 4) is 0 Å². The van der Waals surface area contributed by atoms with Crippen LogP contribution in [-0.4, -0.2) is 0 Å². The van der Waals surface area contributed by atoms with E-state index >= 15 is 4.39 Å². The molecule has 0 radical (unpaired) electrons. The van der Waals surface area contributed by atoms with Gasteiger partial charge >= 0.3 is 0 Å². The highest BCUT2D eigenvalue weighted by Crippen LogP contribution is 2.45. The van der Waals surface area contributed by atoms with Crippen LogP contribution in [0.15, 0.2) is 108 Å². The predicted molar refractivity (Wildman–Crippen MR) is 132 cm³/mol. The van der Waals surface area contributed by atoms with E-state index in [0.29, 0.717) is 5.69 Å². The second kappa shape index (κ2) is 7.07. The molecule has 0 unspecified atom stereocenters. The van der Waals surface area contributed by atoms with Crippen LogP contribution < -0.4 is 4.90 Å². The number of anilines is 3. The molecule has 6 aromatic carbocycles. The summed E-state index contributed by atoms with van der Waals surface area (Å²) in [5.41, 5.74) is 2.41. The summed E-state index contributed by atoms with van der Waals surface area (Å²) in [5.74, 6) is -0.250. The Kier molecular flexibility index (Phi) is 4.18. The maximum Gasteiger partial charge on any atom is 0.147 e. The normalized spacial score (nSPS) is 11.5. The van der Waals surface area contributed by atoms with Gasteiger partial charge in [-0.1, -0.05) is 82.7 Å². The number of para-hydroxylation sites is 2. The fourth-order valence-electron chi connectivity index (χ4n) is 4.56. The van der Waals surface area contributed by atoms with Crippen LogP contribution in [0.1, 0.15) is 0 Å². The van der Waals surface area contributed by atoms with Gasteiger partial charge in [-0.25, -0.2) is 4.39 Å². The molecule has 0 aliphatic carbocycles. The predicted octanol–water partition coefficient (Wildman–Crippen LogP) is 8.96. The number of hydrogen-bond donors (Lipinski definition) is 0. The van der Waals surface area contributed by atoms with E-state index < -0.39 is 0 Å². The maximum atomic E-state index is 15.0. The van der Waals surface area contributed by atoms with Crippen molar-refractivity contribution in [2.75, 3.05) is 4.90 Å². The van der Waals surface area contributed by atoms with E-state index in [2.05, 4.69) is 64.5 Å². The topological polar surface area (TPSA) is 3.24 Å². The van der Waals surface area contributed by atoms with Crippen LogP contribution in [0.4, 0.5) is 21.5 Å². The van der Waals surface area contributed by atoms with Crippen LogP contribution >= 0.6 is 15.9 Å². The molecule has 0 bridgehead atoms. The van der Waals surface area contributed by atoms with Crippen LogP contribution in [0.2, 0.25) is 0 Å². The van der Waals surface area contributed by atoms with Crippen LogP contribution in [0.3, 0.4) is 0 Å². The summed E-state index contributed by atoms with van der Waals surface area (Å²) in [7, 11) is 0. The molecule has 0 atom stereocenters. The Hall–Kier alpha value is -3.43. The zero-order valence-electron chi connectivity index (χ0n) is 16.5. The first kappa shape index (κ1) is 18.3. The van der Waals surface area contributed by atoms with Crippen molar-refractivity contribution in [3.05, 3.63) is 113 Å². The minimum Gasteiger partial charge on any atom is -0.307 e. The lowest BCUT2D eigenvalue weighted by Gasteiger charge is -2.28. The Morgan fingerprint density at radius 2 is 1.16 bits per heavy atom. The van der Waals surface area contributed by atoms with Crippen molar-refractivity contribution in [2.24, 2.45) is 0 Å². The van der Waals surface area contributed by atoms with Gasteiger partial charge < -0.3 is 4.90 Å². The minimum absolute atomic E-state index is 0.250. The van der Waals surface area contributed by atoms with E-state index in [-0.39, 0.29) is 5.82 Å². The molecule has 1 nitrogen and oxygen atoms in total. The number of nitrogens with zero attached hydrogens (tertiary/aromatic N) is 1. The third-order valence-corrected chi connectivity index (χ3v) is 6.63. The number of halogens is 2. The molecule has 0 aliphatic heterocycles. The van der Waals surface area contributed by atoms with Crippen LogP contribution in [0, 0.1) is 5.82 Å². The van der Waals surface area contributed by atoms with E-state index in [1.54, 1.807) is 6.07 Å². The number of benzene rings is 6. The average Bonchev–Trinajstić information content (AvgIpc) is 2.81. The smallest absolute Gasteiger partial charge is 0.147 e. The van der Waals surface area contributed by atoms with Crippen molar-refractivity contribution in [1.29, 1.82) is 0 Å². The molecule has 0 aromatic heterocycles. The van der Waals surface area contributed by atoms with Gasteiger partial charge in [-0.3, -0.25) is 0 Å². The van der Waals surface area contributed by atoms with Crippen molar-refractivity contribution in [3.63, 3.8) is 0 Å². The number of hydrogen-bond acceptors (Lipinski definition) is 1. The molecule has 6 aromatic rings. The molecule has 0 fully saturated rings. The van der Waals surface area contributed by atoms with Gasteiger partial charge in [0.1, 0.15) is 5.82 Å². The van der Waals surface area contributed by atoms with Crippen LogP contribution in [-0.2, 0) is 0 Å². The molecule has 0 amide bonds. The molecule has 0 heterocycles. The molecule has 31 heavy (non-hydrogen) atoms. The van der Waals surface area contributed by atoms with E-state index in [9.17, 15) is 0 Å². The highest BCUT2D eigenvalue weighted by molar-refractivity contribution is 9.10. The monoisotopic (exact) mass is 465 g/mol. The van der Waals surface area contributed by atoms with Gasteiger partial charge in [0.2, 0.25) is 0 Å². The molecule has 6 rings (SSSR count). The lowest BCUT2D eigenvalue weighted by atomic mass is 9.93. The highest BCUT2D eigenvalue weighted by atomic mass is 79.9. The number of rotatable bonds is 3. The zero-order chi connectivity index (χ0) is 20.9. The molecule has 0 aliphatic rings. The average molecular weight is 466 g/mol. The summed E-state index contributed by atoms with van der Waals surface area (Å²) < 4.78 is 16.1. The Morgan fingerprint density at radius 1 is 0.548 bits per heavy atom. The first-order valence-electron chi connectivity index (χ1n) is 10.2. The van der Waals surface area contributed by atoms with Gasteiger partial charge in [0.25, 0.3) is 0 Å². The van der Waals surface area contributed by atoms with Gasteiger partial charge in [-0.2, -0.15) is 0 Å². The summed E-state index contributed by atoms with van der Waals surface area (Å²) in [6, 6.07) is 34.0. The summed E-state index contributed by atoms with van der Waals surface area (Å²) in [6.07, 6.45) is 0. The summed E-state index contributed by atoms with van der Waals surface area (Å²) >= 11 is 3.71. The third kappa shape index (κ3) is 2.81. The molecule has 0 spiro atoms. The van der Waals surface area contributed by atoms with E-state index in [1.165, 1.54) is 33.0 Å². The Labute approximate surface area is 187 Å². The molecule has 0 N–H and O–H groups in total.